The summed E-state index contributed by atoms with van der Waals surface area (Å²) in [5.41, 5.74) is 24.5. The maximum Gasteiger partial charge on any atom is 0.326 e. The molecule has 738 valence electrons. The maximum atomic E-state index is 15.3. The molecule has 29 N–H and O–H groups in total. The highest BCUT2D eigenvalue weighted by Crippen LogP contribution is 2.25. The van der Waals surface area contributed by atoms with Gasteiger partial charge in [0.2, 0.25) is 100 Å². The predicted molar refractivity (Wildman–Crippen MR) is 495 cm³/mol. The van der Waals surface area contributed by atoms with Crippen molar-refractivity contribution < 1.29 is 116 Å². The first kappa shape index (κ1) is 110. The molecule has 2 aromatic heterocycles. The molecule has 1 aliphatic rings. The van der Waals surface area contributed by atoms with Gasteiger partial charge in [-0.1, -0.05) is 62.4 Å². The minimum Gasteiger partial charge on any atom is -0.508 e. The number of carboxylic acid groups (broad SMARTS) is 3. The zero-order valence-electron chi connectivity index (χ0n) is 75.4. The van der Waals surface area contributed by atoms with Crippen LogP contribution in [0.1, 0.15) is 141 Å². The van der Waals surface area contributed by atoms with E-state index in [0.29, 0.717) is 70.7 Å². The molecule has 1 saturated heterocycles. The van der Waals surface area contributed by atoms with Crippen molar-refractivity contribution in [2.24, 2.45) is 28.9 Å². The Morgan fingerprint density at radius 1 is 0.430 bits per heavy atom. The Bertz CT molecular complexity index is 5020. The highest BCUT2D eigenvalue weighted by Gasteiger charge is 2.43. The molecular formula is C87H124N22O24S2. The second-order valence-corrected chi connectivity index (χ2v) is 33.8. The number of aromatic nitrogens is 2. The Hall–Kier alpha value is -13.5. The molecule has 0 radical (unpaired) electrons. The van der Waals surface area contributed by atoms with Crippen molar-refractivity contribution in [1.82, 2.24) is 94.6 Å². The molecule has 48 heteroatoms. The first-order chi connectivity index (χ1) is 64.1. The standard InChI is InChI=1S/C87H124N22O24S2/c1-44(2)33-60(79(124)108-65(42-134)83(128)97-47(5)74(119)96-45(3)73(118)94-41-70(113)98-56(19-10-12-30-88)76(121)101-59(87(132)133)20-11-13-31-89)102-81(126)62(36-50-40-93-55-18-9-7-16-53(50)55)104-77(122)57(26-28-68(91)111)99-80(125)61(35-49-39-92-54-17-8-6-15-52(49)54)103-78(123)58(27-29-71(114)115)100-85(130)67-21-14-32-109(67)86(131)64(34-48-22-24-51(110)25-23-48)106-82(127)63(37-72(116)117)105-84(129)66(43-135)107-75(120)46(4)95-69(112)38-90/h6-9,15-18,22-25,39-40,44-47,56-67,92-93,110,134-135H,10-14,19-21,26-38,41-43,88-90H2,1-5H3,(H2,91,111)(H,94,118)(H,95,112)(H,96,119)(H,97,128)(H,98,113)(H,99,125)(H,100,130)(H,101,121)(H,102,126)(H,103,123)(H,104,122)(H,105,129)(H,106,127)(H,107,120)(H,108,124)(H,114,115)(H,116,117)(H,132,133)/t45-,46-,47-,56-,57-,58-,59-,60-,61-,62-,63-,64-,65-,66-,67-/m0/s1. The fourth-order valence-corrected chi connectivity index (χ4v) is 15.1. The van der Waals surface area contributed by atoms with Crippen molar-refractivity contribution in [3.63, 3.8) is 0 Å². The minimum atomic E-state index is -1.96. The van der Waals surface area contributed by atoms with Crippen LogP contribution in [0.3, 0.4) is 0 Å². The summed E-state index contributed by atoms with van der Waals surface area (Å²) < 4.78 is 0. The normalized spacial score (nSPS) is 15.4. The van der Waals surface area contributed by atoms with Gasteiger partial charge in [0.05, 0.1) is 19.5 Å². The highest BCUT2D eigenvalue weighted by molar-refractivity contribution is 7.80. The summed E-state index contributed by atoms with van der Waals surface area (Å²) in [5, 5.41) is 78.2. The van der Waals surface area contributed by atoms with Gasteiger partial charge in [-0.25, -0.2) is 4.79 Å². The quantitative estimate of drug-likeness (QED) is 0.0128. The van der Waals surface area contributed by atoms with E-state index in [-0.39, 0.29) is 63.3 Å². The number of hydrogen-bond donors (Lipinski definition) is 27. The number of amides is 17. The van der Waals surface area contributed by atoms with E-state index in [9.17, 15) is 92.3 Å². The van der Waals surface area contributed by atoms with Crippen molar-refractivity contribution in [2.75, 3.05) is 44.2 Å². The number of carbonyl (C=O) groups is 20. The number of unbranched alkanes of at least 4 members (excludes halogenated alkanes) is 2. The number of benzene rings is 3. The number of carbonyl (C=O) groups excluding carboxylic acids is 17. The monoisotopic (exact) mass is 1920 g/mol. The molecule has 17 amide bonds. The number of phenolic OH excluding ortho intramolecular Hbond substituents is 1. The molecule has 6 rings (SSSR count). The number of H-pyrrole nitrogens is 2. The molecule has 5 aromatic rings. The lowest BCUT2D eigenvalue weighted by molar-refractivity contribution is -0.144. The van der Waals surface area contributed by atoms with Gasteiger partial charge >= 0.3 is 17.9 Å². The molecule has 3 heterocycles. The van der Waals surface area contributed by atoms with Crippen molar-refractivity contribution in [2.45, 2.75) is 234 Å². The number of aromatic hydroxyl groups is 1. The third-order valence-corrected chi connectivity index (χ3v) is 22.6. The number of nitrogens with one attached hydrogen (secondary N) is 17. The number of rotatable bonds is 58. The molecule has 46 nitrogen and oxygen atoms in total. The second-order valence-electron chi connectivity index (χ2n) is 33.0. The summed E-state index contributed by atoms with van der Waals surface area (Å²) in [6, 6.07) is -4.26. The van der Waals surface area contributed by atoms with Gasteiger partial charge < -0.3 is 138 Å². The number of aliphatic carboxylic acids is 3. The Kier molecular flexibility index (Phi) is 45.1. The van der Waals surface area contributed by atoms with Crippen molar-refractivity contribution >= 4 is 165 Å². The third kappa shape index (κ3) is 35.8. The van der Waals surface area contributed by atoms with E-state index in [0.717, 1.165) is 4.90 Å². The largest absolute Gasteiger partial charge is 0.508 e. The average molecular weight is 1930 g/mol. The number of nitrogens with zero attached hydrogens (tertiary/aromatic N) is 1. The van der Waals surface area contributed by atoms with E-state index in [1.807, 2.05) is 0 Å². The summed E-state index contributed by atoms with van der Waals surface area (Å²) in [6.45, 7) is 6.47. The number of likely N-dealkylation sites (tertiary alicyclic amines) is 1. The van der Waals surface area contributed by atoms with Crippen LogP contribution in [0.2, 0.25) is 0 Å². The molecule has 1 fully saturated rings. The molecular weight excluding hydrogens is 1800 g/mol. The molecule has 3 aromatic carbocycles. The van der Waals surface area contributed by atoms with Gasteiger partial charge in [-0.3, -0.25) is 91.1 Å². The summed E-state index contributed by atoms with van der Waals surface area (Å²) in [5.74, 6) is -22.4. The van der Waals surface area contributed by atoms with Gasteiger partial charge in [0, 0.05) is 84.4 Å². The highest BCUT2D eigenvalue weighted by atomic mass is 32.1. The summed E-state index contributed by atoms with van der Waals surface area (Å²) in [4.78, 5) is 282. The van der Waals surface area contributed by atoms with Crippen LogP contribution in [-0.4, -0.2) is 288 Å². The Morgan fingerprint density at radius 2 is 0.852 bits per heavy atom. The van der Waals surface area contributed by atoms with Crippen molar-refractivity contribution in [3.05, 3.63) is 102 Å². The topological polar surface area (TPSA) is 742 Å². The molecule has 1 aliphatic heterocycles. The smallest absolute Gasteiger partial charge is 0.326 e. The maximum absolute atomic E-state index is 15.3. The lowest BCUT2D eigenvalue weighted by Crippen LogP contribution is -2.61. The number of hydrogen-bond acceptors (Lipinski definition) is 26. The number of aromatic amines is 2. The van der Waals surface area contributed by atoms with Gasteiger partial charge in [-0.15, -0.1) is 0 Å². The zero-order chi connectivity index (χ0) is 99.9. The van der Waals surface area contributed by atoms with Gasteiger partial charge in [0.1, 0.15) is 96.4 Å². The van der Waals surface area contributed by atoms with Crippen LogP contribution in [0.4, 0.5) is 0 Å². The molecule has 0 spiro atoms. The number of para-hydroxylation sites is 2. The molecule has 0 aliphatic carbocycles. The Labute approximate surface area is 787 Å². The average Bonchev–Trinajstić information content (AvgIpc) is 1.70. The number of thiol groups is 2. The molecule has 0 unspecified atom stereocenters. The van der Waals surface area contributed by atoms with Crippen molar-refractivity contribution in [3.8, 4) is 5.75 Å². The van der Waals surface area contributed by atoms with Crippen LogP contribution in [0.25, 0.3) is 21.8 Å². The lowest BCUT2D eigenvalue weighted by Gasteiger charge is -2.31. The van der Waals surface area contributed by atoms with Crippen LogP contribution >= 0.6 is 25.3 Å². The first-order valence-corrected chi connectivity index (χ1v) is 45.3. The molecule has 15 atom stereocenters. The van der Waals surface area contributed by atoms with Crippen LogP contribution < -0.4 is 103 Å². The van der Waals surface area contributed by atoms with Gasteiger partial charge in [-0.2, -0.15) is 25.3 Å². The van der Waals surface area contributed by atoms with Gasteiger partial charge in [-0.05, 0) is 151 Å². The van der Waals surface area contributed by atoms with E-state index in [4.69, 9.17) is 22.9 Å². The minimum absolute atomic E-state index is 0.0789. The molecule has 135 heavy (non-hydrogen) atoms. The van der Waals surface area contributed by atoms with Crippen molar-refractivity contribution in [1.29, 1.82) is 0 Å². The summed E-state index contributed by atoms with van der Waals surface area (Å²) in [7, 11) is 0. The van der Waals surface area contributed by atoms with Crippen LogP contribution in [0.5, 0.6) is 5.75 Å². The predicted octanol–water partition coefficient (Wildman–Crippen LogP) is -4.85. The zero-order valence-corrected chi connectivity index (χ0v) is 77.2. The third-order valence-electron chi connectivity index (χ3n) is 21.9. The lowest BCUT2D eigenvalue weighted by atomic mass is 9.99. The van der Waals surface area contributed by atoms with Crippen LogP contribution in [0.15, 0.2) is 85.2 Å². The Morgan fingerprint density at radius 3 is 1.37 bits per heavy atom. The van der Waals surface area contributed by atoms with E-state index < -0.39 is 278 Å². The molecule has 0 bridgehead atoms. The SMILES string of the molecule is CC(C)C[C@H](NC(=O)[C@H](Cc1c[nH]c2ccccc12)NC(=O)[C@H](CCC(N)=O)NC(=O)[C@H](Cc1c[nH]c2ccccc12)NC(=O)[C@H](CCC(=O)O)NC(=O)[C@@H]1CCCN1C(=O)[C@H](Cc1ccc(O)cc1)NC(=O)[C@H](CC(=O)O)NC(=O)[C@H](CS)NC(=O)[C@H](C)NC(=O)CN)C(=O)N[C@@H](CS)C(=O)N[C@@H](C)C(=O)N[C@@H](C)C(=O)NCC(=O)N[C@@H](CCCCN)C(=O)N[C@@H](CCCCN)C(=O)O. The van der Waals surface area contributed by atoms with E-state index >= 15 is 24.0 Å². The van der Waals surface area contributed by atoms with E-state index in [1.54, 1.807) is 68.6 Å². The second kappa shape index (κ2) is 55.3. The fraction of sp³-hybridized carbons (Fsp3) is 0.517. The van der Waals surface area contributed by atoms with E-state index in [2.05, 4.69) is 115 Å². The van der Waals surface area contributed by atoms with E-state index in [1.165, 1.54) is 51.2 Å². The summed E-state index contributed by atoms with van der Waals surface area (Å²) in [6.07, 6.45) is 0.0641. The summed E-state index contributed by atoms with van der Waals surface area (Å²) >= 11 is 8.43. The number of nitrogens with two attached hydrogens (primary N) is 4. The van der Waals surface area contributed by atoms with Crippen LogP contribution in [-0.2, 0) is 115 Å². The first-order valence-electron chi connectivity index (χ1n) is 44.0. The number of fused-ring (bicyclic) bond motifs is 2. The Balaban J connectivity index is 1.22. The number of phenols is 1. The fourth-order valence-electron chi connectivity index (χ4n) is 14.6. The van der Waals surface area contributed by atoms with Crippen LogP contribution in [0, 0.1) is 5.92 Å². The molecule has 0 saturated carbocycles. The number of carboxylic acids is 3. The van der Waals surface area contributed by atoms with Gasteiger partial charge in [0.15, 0.2) is 0 Å². The number of primary amides is 1. The van der Waals surface area contributed by atoms with Gasteiger partial charge in [0.25, 0.3) is 0 Å².